The average Bonchev–Trinajstić information content (AvgIpc) is 2.28. The quantitative estimate of drug-likeness (QED) is 0.840. The van der Waals surface area contributed by atoms with Gasteiger partial charge in [-0.15, -0.1) is 0 Å². The van der Waals surface area contributed by atoms with Crippen LogP contribution in [0.25, 0.3) is 0 Å². The number of carbonyl (C=O) groups is 1. The van der Waals surface area contributed by atoms with E-state index in [0.717, 1.165) is 0 Å². The third-order valence-electron chi connectivity index (χ3n) is 2.50. The summed E-state index contributed by atoms with van der Waals surface area (Å²) in [5.74, 6) is -0.315. The SMILES string of the molecule is CC(CC#N)N(C)C(=O)c1ccccc1O. The third kappa shape index (κ3) is 2.51. The molecule has 0 saturated heterocycles. The molecule has 84 valence electrons. The molecule has 0 aliphatic carbocycles. The molecule has 0 spiro atoms. The molecule has 0 aliphatic heterocycles. The number of benzene rings is 1. The molecule has 0 aliphatic rings. The van der Waals surface area contributed by atoms with Crippen LogP contribution in [0.3, 0.4) is 0 Å². The van der Waals surface area contributed by atoms with Crippen LogP contribution < -0.4 is 0 Å². The van der Waals surface area contributed by atoms with Crippen molar-refractivity contribution in [2.45, 2.75) is 19.4 Å². The van der Waals surface area contributed by atoms with E-state index in [2.05, 4.69) is 0 Å². The minimum absolute atomic E-state index is 0.0384. The van der Waals surface area contributed by atoms with E-state index >= 15 is 0 Å². The number of phenols is 1. The fourth-order valence-electron chi connectivity index (χ4n) is 1.31. The van der Waals surface area contributed by atoms with Crippen LogP contribution in [-0.4, -0.2) is 29.0 Å². The topological polar surface area (TPSA) is 64.3 Å². The molecule has 0 saturated carbocycles. The van der Waals surface area contributed by atoms with Crippen molar-refractivity contribution in [1.29, 1.82) is 5.26 Å². The molecule has 0 heterocycles. The second-order valence-corrected chi connectivity index (χ2v) is 3.64. The lowest BCUT2D eigenvalue weighted by Crippen LogP contribution is -2.34. The van der Waals surface area contributed by atoms with Crippen LogP contribution in [0.2, 0.25) is 0 Å². The van der Waals surface area contributed by atoms with Gasteiger partial charge in [0.25, 0.3) is 5.91 Å². The van der Waals surface area contributed by atoms with Crippen molar-refractivity contribution < 1.29 is 9.90 Å². The summed E-state index contributed by atoms with van der Waals surface area (Å²) < 4.78 is 0. The normalized spacial score (nSPS) is 11.6. The minimum Gasteiger partial charge on any atom is -0.507 e. The first kappa shape index (κ1) is 12.1. The monoisotopic (exact) mass is 218 g/mol. The zero-order valence-electron chi connectivity index (χ0n) is 9.34. The fourth-order valence-corrected chi connectivity index (χ4v) is 1.31. The Hall–Kier alpha value is -2.02. The Morgan fingerprint density at radius 1 is 1.56 bits per heavy atom. The maximum atomic E-state index is 11.9. The molecule has 1 aromatic carbocycles. The van der Waals surface area contributed by atoms with Gasteiger partial charge in [0.2, 0.25) is 0 Å². The number of rotatable bonds is 3. The maximum absolute atomic E-state index is 11.9. The average molecular weight is 218 g/mol. The van der Waals surface area contributed by atoms with Crippen molar-refractivity contribution in [3.63, 3.8) is 0 Å². The molecule has 16 heavy (non-hydrogen) atoms. The summed E-state index contributed by atoms with van der Waals surface area (Å²) in [5, 5.41) is 18.1. The highest BCUT2D eigenvalue weighted by Crippen LogP contribution is 2.18. The number of carbonyl (C=O) groups excluding carboxylic acids is 1. The van der Waals surface area contributed by atoms with Crippen LogP contribution >= 0.6 is 0 Å². The van der Waals surface area contributed by atoms with Gasteiger partial charge in [-0.25, -0.2) is 0 Å². The molecule has 0 radical (unpaired) electrons. The van der Waals surface area contributed by atoms with Gasteiger partial charge >= 0.3 is 0 Å². The van der Waals surface area contributed by atoms with Gasteiger partial charge in [0, 0.05) is 13.1 Å². The second-order valence-electron chi connectivity index (χ2n) is 3.64. The number of phenolic OH excluding ortho intramolecular Hbond substituents is 1. The first-order chi connectivity index (χ1) is 7.57. The highest BCUT2D eigenvalue weighted by atomic mass is 16.3. The van der Waals surface area contributed by atoms with E-state index in [1.165, 1.54) is 11.0 Å². The molecule has 1 N–H and O–H groups in total. The number of aromatic hydroxyl groups is 1. The van der Waals surface area contributed by atoms with Crippen LogP contribution in [0.1, 0.15) is 23.7 Å². The lowest BCUT2D eigenvalue weighted by atomic mass is 10.1. The number of nitriles is 1. The standard InChI is InChI=1S/C12H14N2O2/c1-9(7-8-13)14(2)12(16)10-5-3-4-6-11(10)15/h3-6,9,15H,7H2,1-2H3. The van der Waals surface area contributed by atoms with E-state index < -0.39 is 0 Å². The van der Waals surface area contributed by atoms with Crippen LogP contribution in [0.4, 0.5) is 0 Å². The van der Waals surface area contributed by atoms with E-state index in [-0.39, 0.29) is 29.7 Å². The number of nitrogens with zero attached hydrogens (tertiary/aromatic N) is 2. The minimum atomic E-state index is -0.277. The fraction of sp³-hybridized carbons (Fsp3) is 0.333. The summed E-state index contributed by atoms with van der Waals surface area (Å²) in [5.41, 5.74) is 0.259. The molecule has 0 fully saturated rings. The largest absolute Gasteiger partial charge is 0.507 e. The van der Waals surface area contributed by atoms with Crippen molar-refractivity contribution in [2.75, 3.05) is 7.05 Å². The van der Waals surface area contributed by atoms with Gasteiger partial charge in [0.1, 0.15) is 5.75 Å². The number of hydrogen-bond acceptors (Lipinski definition) is 3. The molecular formula is C12H14N2O2. The summed E-state index contributed by atoms with van der Waals surface area (Å²) in [7, 11) is 1.62. The Morgan fingerprint density at radius 2 is 2.19 bits per heavy atom. The van der Waals surface area contributed by atoms with Gasteiger partial charge in [-0.2, -0.15) is 5.26 Å². The molecule has 1 amide bonds. The maximum Gasteiger partial charge on any atom is 0.257 e. The van der Waals surface area contributed by atoms with Crippen molar-refractivity contribution in [3.8, 4) is 11.8 Å². The molecule has 1 unspecified atom stereocenters. The lowest BCUT2D eigenvalue weighted by Gasteiger charge is -2.23. The van der Waals surface area contributed by atoms with Gasteiger partial charge in [-0.05, 0) is 19.1 Å². The van der Waals surface area contributed by atoms with Crippen molar-refractivity contribution in [2.24, 2.45) is 0 Å². The van der Waals surface area contributed by atoms with E-state index in [1.54, 1.807) is 32.2 Å². The molecular weight excluding hydrogens is 204 g/mol. The van der Waals surface area contributed by atoms with E-state index in [4.69, 9.17) is 5.26 Å². The summed E-state index contributed by atoms with van der Waals surface area (Å²) in [6.07, 6.45) is 0.274. The molecule has 1 rings (SSSR count). The predicted octanol–water partition coefficient (Wildman–Crippen LogP) is 1.77. The summed E-state index contributed by atoms with van der Waals surface area (Å²) in [4.78, 5) is 13.4. The van der Waals surface area contributed by atoms with Gasteiger partial charge in [-0.1, -0.05) is 12.1 Å². The van der Waals surface area contributed by atoms with Crippen molar-refractivity contribution >= 4 is 5.91 Å². The molecule has 4 nitrogen and oxygen atoms in total. The van der Waals surface area contributed by atoms with E-state index in [1.807, 2.05) is 6.07 Å². The molecule has 4 heteroatoms. The van der Waals surface area contributed by atoms with Gasteiger partial charge in [-0.3, -0.25) is 4.79 Å². The Kier molecular flexibility index (Phi) is 3.90. The summed E-state index contributed by atoms with van der Waals surface area (Å²) in [6.45, 7) is 1.79. The Labute approximate surface area is 94.7 Å². The first-order valence-electron chi connectivity index (χ1n) is 5.00. The number of hydrogen-bond donors (Lipinski definition) is 1. The molecule has 0 bridgehead atoms. The molecule has 0 aromatic heterocycles. The molecule has 1 atom stereocenters. The van der Waals surface area contributed by atoms with Crippen molar-refractivity contribution in [3.05, 3.63) is 29.8 Å². The van der Waals surface area contributed by atoms with E-state index in [0.29, 0.717) is 0 Å². The molecule has 1 aromatic rings. The van der Waals surface area contributed by atoms with Gasteiger partial charge in [0.15, 0.2) is 0 Å². The van der Waals surface area contributed by atoms with Crippen LogP contribution in [0.15, 0.2) is 24.3 Å². The van der Waals surface area contributed by atoms with Crippen LogP contribution in [0.5, 0.6) is 5.75 Å². The van der Waals surface area contributed by atoms with E-state index in [9.17, 15) is 9.90 Å². The Balaban J connectivity index is 2.87. The second kappa shape index (κ2) is 5.17. The predicted molar refractivity (Wildman–Crippen MR) is 59.9 cm³/mol. The van der Waals surface area contributed by atoms with Crippen molar-refractivity contribution in [1.82, 2.24) is 4.90 Å². The number of amides is 1. The Morgan fingerprint density at radius 3 is 2.75 bits per heavy atom. The van der Waals surface area contributed by atoms with Crippen LogP contribution in [-0.2, 0) is 0 Å². The third-order valence-corrected chi connectivity index (χ3v) is 2.50. The first-order valence-corrected chi connectivity index (χ1v) is 5.00. The van der Waals surface area contributed by atoms with Crippen LogP contribution in [0, 0.1) is 11.3 Å². The zero-order valence-corrected chi connectivity index (χ0v) is 9.34. The lowest BCUT2D eigenvalue weighted by molar-refractivity contribution is 0.0743. The highest BCUT2D eigenvalue weighted by Gasteiger charge is 2.19. The Bertz CT molecular complexity index is 423. The summed E-state index contributed by atoms with van der Waals surface area (Å²) >= 11 is 0. The van der Waals surface area contributed by atoms with Gasteiger partial charge in [0.05, 0.1) is 18.1 Å². The smallest absolute Gasteiger partial charge is 0.257 e. The zero-order chi connectivity index (χ0) is 12.1. The highest BCUT2D eigenvalue weighted by molar-refractivity contribution is 5.96. The number of para-hydroxylation sites is 1. The van der Waals surface area contributed by atoms with Gasteiger partial charge < -0.3 is 10.0 Å². The summed E-state index contributed by atoms with van der Waals surface area (Å²) in [6, 6.07) is 8.22.